The molecule has 0 spiro atoms. The number of nitrogens with zero attached hydrogens (tertiary/aromatic N) is 1. The van der Waals surface area contributed by atoms with Crippen molar-refractivity contribution in [3.8, 4) is 0 Å². The minimum absolute atomic E-state index is 0.194. The third-order valence-electron chi connectivity index (χ3n) is 4.32. The van der Waals surface area contributed by atoms with E-state index in [0.29, 0.717) is 19.4 Å². The van der Waals surface area contributed by atoms with Crippen LogP contribution in [0.1, 0.15) is 52.4 Å². The molecule has 1 atom stereocenters. The van der Waals surface area contributed by atoms with E-state index in [-0.39, 0.29) is 17.1 Å². The van der Waals surface area contributed by atoms with Gasteiger partial charge in [0.2, 0.25) is 5.91 Å². The van der Waals surface area contributed by atoms with Crippen LogP contribution >= 0.6 is 0 Å². The Morgan fingerprint density at radius 1 is 1.18 bits per heavy atom. The number of rotatable bonds is 8. The topological polar surface area (TPSA) is 66.5 Å². The van der Waals surface area contributed by atoms with Crippen molar-refractivity contribution >= 4 is 15.7 Å². The maximum atomic E-state index is 12.8. The van der Waals surface area contributed by atoms with Gasteiger partial charge in [-0.2, -0.15) is 0 Å². The van der Waals surface area contributed by atoms with E-state index in [9.17, 15) is 13.2 Å². The minimum Gasteiger partial charge on any atom is -0.355 e. The van der Waals surface area contributed by atoms with Gasteiger partial charge in [-0.05, 0) is 45.8 Å². The van der Waals surface area contributed by atoms with Gasteiger partial charge in [0.05, 0.1) is 5.25 Å². The standard InChI is InChI=1S/C16H32N2O3S/c1-13(2)15(16(19)17-11-8-12-18(3)4)22(20,21)14-9-6-5-7-10-14/h13-15H,5-12H2,1-4H3,(H,17,19)/t15-/m0/s1. The van der Waals surface area contributed by atoms with Gasteiger partial charge < -0.3 is 10.2 Å². The first-order valence-corrected chi connectivity index (χ1v) is 10.0. The minimum atomic E-state index is -3.40. The van der Waals surface area contributed by atoms with Crippen molar-refractivity contribution in [2.24, 2.45) is 5.92 Å². The summed E-state index contributed by atoms with van der Waals surface area (Å²) in [7, 11) is 0.558. The fourth-order valence-electron chi connectivity index (χ4n) is 3.14. The van der Waals surface area contributed by atoms with E-state index < -0.39 is 15.1 Å². The number of hydrogen-bond donors (Lipinski definition) is 1. The van der Waals surface area contributed by atoms with Crippen LogP contribution < -0.4 is 5.32 Å². The molecule has 130 valence electrons. The largest absolute Gasteiger partial charge is 0.355 e. The van der Waals surface area contributed by atoms with E-state index in [1.807, 2.05) is 32.8 Å². The van der Waals surface area contributed by atoms with Crippen LogP contribution in [0.5, 0.6) is 0 Å². The van der Waals surface area contributed by atoms with Crippen molar-refractivity contribution in [3.05, 3.63) is 0 Å². The van der Waals surface area contributed by atoms with Gasteiger partial charge in [0.15, 0.2) is 9.84 Å². The second kappa shape index (κ2) is 8.87. The Morgan fingerprint density at radius 3 is 2.27 bits per heavy atom. The Bertz CT molecular complexity index is 440. The third-order valence-corrected chi connectivity index (χ3v) is 7.18. The quantitative estimate of drug-likeness (QED) is 0.689. The number of amides is 1. The van der Waals surface area contributed by atoms with Crippen molar-refractivity contribution in [1.29, 1.82) is 0 Å². The van der Waals surface area contributed by atoms with Gasteiger partial charge in [0.25, 0.3) is 0 Å². The molecular weight excluding hydrogens is 300 g/mol. The number of carbonyl (C=O) groups is 1. The third kappa shape index (κ3) is 5.54. The summed E-state index contributed by atoms with van der Waals surface area (Å²) in [6.45, 7) is 5.05. The monoisotopic (exact) mass is 332 g/mol. The molecule has 1 rings (SSSR count). The van der Waals surface area contributed by atoms with Gasteiger partial charge in [0, 0.05) is 6.54 Å². The smallest absolute Gasteiger partial charge is 0.238 e. The molecule has 1 aliphatic carbocycles. The van der Waals surface area contributed by atoms with Crippen molar-refractivity contribution in [2.75, 3.05) is 27.2 Å². The van der Waals surface area contributed by atoms with Crippen LogP contribution in [0.25, 0.3) is 0 Å². The molecule has 1 N–H and O–H groups in total. The molecule has 0 aromatic heterocycles. The van der Waals surface area contributed by atoms with E-state index in [1.165, 1.54) is 0 Å². The first-order chi connectivity index (χ1) is 10.3. The highest BCUT2D eigenvalue weighted by molar-refractivity contribution is 7.93. The van der Waals surface area contributed by atoms with Crippen LogP contribution in [0.3, 0.4) is 0 Å². The summed E-state index contributed by atoms with van der Waals surface area (Å²) in [5.41, 5.74) is 0. The predicted molar refractivity (Wildman–Crippen MR) is 90.6 cm³/mol. The van der Waals surface area contributed by atoms with Crippen LogP contribution in [0, 0.1) is 5.92 Å². The molecule has 0 heterocycles. The summed E-state index contributed by atoms with van der Waals surface area (Å²) in [5.74, 6) is -0.514. The maximum Gasteiger partial charge on any atom is 0.238 e. The van der Waals surface area contributed by atoms with Gasteiger partial charge in [-0.25, -0.2) is 8.42 Å². The molecule has 1 aliphatic rings. The molecular formula is C16H32N2O3S. The maximum absolute atomic E-state index is 12.8. The van der Waals surface area contributed by atoms with Crippen LogP contribution in [0.15, 0.2) is 0 Å². The van der Waals surface area contributed by atoms with Crippen LogP contribution in [-0.4, -0.2) is 56.9 Å². The molecule has 1 saturated carbocycles. The fraction of sp³-hybridized carbons (Fsp3) is 0.938. The first kappa shape index (κ1) is 19.4. The highest BCUT2D eigenvalue weighted by atomic mass is 32.2. The normalized spacial score (nSPS) is 18.6. The van der Waals surface area contributed by atoms with Crippen molar-refractivity contribution < 1.29 is 13.2 Å². The average Bonchev–Trinajstić information content (AvgIpc) is 2.43. The Morgan fingerprint density at radius 2 is 1.77 bits per heavy atom. The van der Waals surface area contributed by atoms with Gasteiger partial charge in [0.1, 0.15) is 5.25 Å². The highest BCUT2D eigenvalue weighted by Crippen LogP contribution is 2.29. The second-order valence-corrected chi connectivity index (χ2v) is 9.31. The Labute approximate surface area is 135 Å². The van der Waals surface area contributed by atoms with Crippen LogP contribution in [0.2, 0.25) is 0 Å². The van der Waals surface area contributed by atoms with E-state index in [4.69, 9.17) is 0 Å². The van der Waals surface area contributed by atoms with E-state index in [0.717, 1.165) is 32.2 Å². The molecule has 0 aliphatic heterocycles. The molecule has 0 aromatic rings. The Balaban J connectivity index is 2.68. The summed E-state index contributed by atoms with van der Waals surface area (Å²) in [6.07, 6.45) is 5.26. The molecule has 22 heavy (non-hydrogen) atoms. The number of sulfone groups is 1. The Hall–Kier alpha value is -0.620. The van der Waals surface area contributed by atoms with Gasteiger partial charge in [-0.1, -0.05) is 33.1 Å². The number of hydrogen-bond acceptors (Lipinski definition) is 4. The zero-order valence-corrected chi connectivity index (χ0v) is 15.3. The van der Waals surface area contributed by atoms with Crippen molar-refractivity contribution in [2.45, 2.75) is 62.9 Å². The second-order valence-electron chi connectivity index (χ2n) is 6.96. The molecule has 6 heteroatoms. The molecule has 0 bridgehead atoms. The van der Waals surface area contributed by atoms with E-state index in [1.54, 1.807) is 0 Å². The molecule has 1 amide bonds. The van der Waals surface area contributed by atoms with Gasteiger partial charge >= 0.3 is 0 Å². The van der Waals surface area contributed by atoms with Crippen LogP contribution in [0.4, 0.5) is 0 Å². The van der Waals surface area contributed by atoms with E-state index >= 15 is 0 Å². The molecule has 5 nitrogen and oxygen atoms in total. The predicted octanol–water partition coefficient (Wildman–Crippen LogP) is 1.83. The molecule has 0 unspecified atom stereocenters. The summed E-state index contributed by atoms with van der Waals surface area (Å²) >= 11 is 0. The molecule has 0 aromatic carbocycles. The molecule has 0 saturated heterocycles. The molecule has 1 fully saturated rings. The summed E-state index contributed by atoms with van der Waals surface area (Å²) in [4.78, 5) is 14.5. The zero-order chi connectivity index (χ0) is 16.8. The SMILES string of the molecule is CC(C)[C@@H](C(=O)NCCCN(C)C)S(=O)(=O)C1CCCCC1. The lowest BCUT2D eigenvalue weighted by Crippen LogP contribution is -2.47. The fourth-order valence-corrected chi connectivity index (χ4v) is 5.69. The average molecular weight is 333 g/mol. The summed E-state index contributed by atoms with van der Waals surface area (Å²) < 4.78 is 25.7. The van der Waals surface area contributed by atoms with Gasteiger partial charge in [-0.15, -0.1) is 0 Å². The highest BCUT2D eigenvalue weighted by Gasteiger charge is 2.40. The lowest BCUT2D eigenvalue weighted by molar-refractivity contribution is -0.121. The zero-order valence-electron chi connectivity index (χ0n) is 14.5. The summed E-state index contributed by atoms with van der Waals surface area (Å²) in [5, 5.41) is 1.58. The van der Waals surface area contributed by atoms with Gasteiger partial charge in [-0.3, -0.25) is 4.79 Å². The van der Waals surface area contributed by atoms with Crippen molar-refractivity contribution in [1.82, 2.24) is 10.2 Å². The number of nitrogens with one attached hydrogen (secondary N) is 1. The van der Waals surface area contributed by atoms with Crippen LogP contribution in [-0.2, 0) is 14.6 Å². The van der Waals surface area contributed by atoms with Crippen molar-refractivity contribution in [3.63, 3.8) is 0 Å². The lowest BCUT2D eigenvalue weighted by atomic mass is 10.0. The first-order valence-electron chi connectivity index (χ1n) is 8.42. The Kier molecular flexibility index (Phi) is 7.83. The summed E-state index contributed by atoms with van der Waals surface area (Å²) in [6, 6.07) is 0. The van der Waals surface area contributed by atoms with E-state index in [2.05, 4.69) is 5.32 Å². The number of carbonyl (C=O) groups excluding carboxylic acids is 1. The lowest BCUT2D eigenvalue weighted by Gasteiger charge is -2.28. The molecule has 0 radical (unpaired) electrons.